The molecule has 0 fully saturated rings. The highest BCUT2D eigenvalue weighted by Gasteiger charge is 2.25. The summed E-state index contributed by atoms with van der Waals surface area (Å²) in [5, 5.41) is 0.528. The van der Waals surface area contributed by atoms with Crippen molar-refractivity contribution in [3.8, 4) is 0 Å². The van der Waals surface area contributed by atoms with Crippen LogP contribution in [0.5, 0.6) is 0 Å². The second kappa shape index (κ2) is 9.21. The molecule has 0 spiro atoms. The fourth-order valence-electron chi connectivity index (χ4n) is 3.34. The summed E-state index contributed by atoms with van der Waals surface area (Å²) in [4.78, 5) is 24.1. The number of pyridine rings is 1. The van der Waals surface area contributed by atoms with Crippen LogP contribution in [0.3, 0.4) is 0 Å². The molecule has 0 N–H and O–H groups in total. The molecule has 0 saturated carbocycles. The number of halogens is 1. The number of aryl methyl sites for hydroxylation is 1. The Morgan fingerprint density at radius 1 is 1.12 bits per heavy atom. The fraction of sp³-hybridized carbons (Fsp3) is 0.208. The molecule has 2 aromatic carbocycles. The van der Waals surface area contributed by atoms with Crippen molar-refractivity contribution in [3.63, 3.8) is 0 Å². The van der Waals surface area contributed by atoms with E-state index in [-0.39, 0.29) is 22.9 Å². The molecule has 2 heterocycles. The summed E-state index contributed by atoms with van der Waals surface area (Å²) < 4.78 is 26.3. The van der Waals surface area contributed by atoms with Crippen molar-refractivity contribution in [3.05, 3.63) is 82.6 Å². The fourth-order valence-corrected chi connectivity index (χ4v) is 5.61. The zero-order valence-electron chi connectivity index (χ0n) is 18.3. The van der Waals surface area contributed by atoms with Gasteiger partial charge in [-0.25, -0.2) is 13.4 Å². The largest absolute Gasteiger partial charge is 0.279 e. The van der Waals surface area contributed by atoms with Gasteiger partial charge in [-0.1, -0.05) is 29.0 Å². The minimum absolute atomic E-state index is 0.124. The molecule has 0 atom stereocenters. The number of thiazole rings is 1. The van der Waals surface area contributed by atoms with Crippen LogP contribution in [0.4, 0.5) is 5.13 Å². The predicted octanol–water partition coefficient (Wildman–Crippen LogP) is 5.68. The molecule has 0 bridgehead atoms. The molecule has 2 aromatic heterocycles. The van der Waals surface area contributed by atoms with E-state index in [9.17, 15) is 13.2 Å². The molecule has 6 nitrogen and oxygen atoms in total. The average Bonchev–Trinajstić information content (AvgIpc) is 3.25. The Kier molecular flexibility index (Phi) is 6.52. The molecular formula is C24H22ClN3O3S2. The highest BCUT2D eigenvalue weighted by atomic mass is 35.5. The highest BCUT2D eigenvalue weighted by molar-refractivity contribution is 7.92. The number of benzene rings is 2. The number of hydrogen-bond donors (Lipinski definition) is 0. The van der Waals surface area contributed by atoms with Crippen molar-refractivity contribution >= 4 is 54.0 Å². The van der Waals surface area contributed by atoms with Crippen LogP contribution in [-0.2, 0) is 16.4 Å². The quantitative estimate of drug-likeness (QED) is 0.341. The van der Waals surface area contributed by atoms with Crippen LogP contribution in [0.25, 0.3) is 10.2 Å². The van der Waals surface area contributed by atoms with Gasteiger partial charge >= 0.3 is 0 Å². The monoisotopic (exact) mass is 499 g/mol. The second-order valence-corrected chi connectivity index (χ2v) is 11.8. The summed E-state index contributed by atoms with van der Waals surface area (Å²) in [7, 11) is -3.52. The number of nitrogens with zero attached hydrogens (tertiary/aromatic N) is 3. The Bertz CT molecular complexity index is 1430. The van der Waals surface area contributed by atoms with Crippen LogP contribution >= 0.6 is 22.9 Å². The molecule has 4 rings (SSSR count). The minimum Gasteiger partial charge on any atom is -0.279 e. The molecule has 1 amide bonds. The van der Waals surface area contributed by atoms with Gasteiger partial charge in [0.2, 0.25) is 0 Å². The van der Waals surface area contributed by atoms with Gasteiger partial charge in [0, 0.05) is 23.0 Å². The first-order valence-electron chi connectivity index (χ1n) is 10.3. The average molecular weight is 500 g/mol. The van der Waals surface area contributed by atoms with E-state index < -0.39 is 15.1 Å². The second-order valence-electron chi connectivity index (χ2n) is 7.88. The molecule has 170 valence electrons. The molecule has 0 aliphatic carbocycles. The zero-order valence-corrected chi connectivity index (χ0v) is 20.7. The van der Waals surface area contributed by atoms with Gasteiger partial charge in [-0.2, -0.15) is 0 Å². The lowest BCUT2D eigenvalue weighted by Gasteiger charge is -2.20. The third-order valence-corrected chi connectivity index (χ3v) is 8.94. The third kappa shape index (κ3) is 4.64. The number of hydrogen-bond acceptors (Lipinski definition) is 6. The Morgan fingerprint density at radius 3 is 2.55 bits per heavy atom. The predicted molar refractivity (Wildman–Crippen MR) is 133 cm³/mol. The van der Waals surface area contributed by atoms with Crippen LogP contribution in [0.15, 0.2) is 65.8 Å². The van der Waals surface area contributed by atoms with Crippen LogP contribution in [0.1, 0.15) is 35.3 Å². The van der Waals surface area contributed by atoms with Gasteiger partial charge in [-0.3, -0.25) is 14.7 Å². The molecule has 4 aromatic rings. The summed E-state index contributed by atoms with van der Waals surface area (Å²) in [6.45, 7) is 5.39. The number of aromatic nitrogens is 2. The van der Waals surface area contributed by atoms with E-state index in [2.05, 4.69) is 4.98 Å². The number of fused-ring (bicyclic) bond motifs is 1. The Morgan fingerprint density at radius 2 is 1.85 bits per heavy atom. The molecule has 0 saturated heterocycles. The minimum atomic E-state index is -3.52. The van der Waals surface area contributed by atoms with Crippen LogP contribution in [-0.4, -0.2) is 29.5 Å². The van der Waals surface area contributed by atoms with E-state index >= 15 is 0 Å². The Balaban J connectivity index is 1.81. The van der Waals surface area contributed by atoms with Crippen molar-refractivity contribution < 1.29 is 13.2 Å². The number of carbonyl (C=O) groups excluding carboxylic acids is 1. The number of carbonyl (C=O) groups is 1. The lowest BCUT2D eigenvalue weighted by molar-refractivity contribution is 0.0985. The van der Waals surface area contributed by atoms with Gasteiger partial charge in [0.15, 0.2) is 15.0 Å². The van der Waals surface area contributed by atoms with Crippen molar-refractivity contribution in [1.29, 1.82) is 0 Å². The van der Waals surface area contributed by atoms with Crippen LogP contribution < -0.4 is 4.90 Å². The first-order chi connectivity index (χ1) is 15.7. The van der Waals surface area contributed by atoms with E-state index in [0.29, 0.717) is 10.2 Å². The van der Waals surface area contributed by atoms with Crippen molar-refractivity contribution in [2.75, 3.05) is 4.90 Å². The SMILES string of the molecule is Cc1c(Cl)ccc2sc(N(Cc3ccncc3)C(=O)c3cccc(S(=O)(=O)C(C)C)c3)nc12. The van der Waals surface area contributed by atoms with Gasteiger partial charge in [-0.15, -0.1) is 0 Å². The number of amides is 1. The molecule has 9 heteroatoms. The maximum atomic E-state index is 13.7. The van der Waals surface area contributed by atoms with Crippen molar-refractivity contribution in [2.24, 2.45) is 0 Å². The Hall–Kier alpha value is -2.81. The summed E-state index contributed by atoms with van der Waals surface area (Å²) in [6.07, 6.45) is 3.33. The van der Waals surface area contributed by atoms with E-state index in [0.717, 1.165) is 21.3 Å². The Labute approximate surface area is 201 Å². The highest BCUT2D eigenvalue weighted by Crippen LogP contribution is 2.35. The van der Waals surface area contributed by atoms with Crippen LogP contribution in [0, 0.1) is 6.92 Å². The smallest absolute Gasteiger partial charge is 0.260 e. The maximum absolute atomic E-state index is 13.7. The van der Waals surface area contributed by atoms with E-state index in [4.69, 9.17) is 16.6 Å². The first kappa shape index (κ1) is 23.4. The van der Waals surface area contributed by atoms with Gasteiger partial charge in [0.25, 0.3) is 5.91 Å². The topological polar surface area (TPSA) is 80.2 Å². The normalized spacial score (nSPS) is 11.8. The zero-order chi connectivity index (χ0) is 23.8. The lowest BCUT2D eigenvalue weighted by atomic mass is 10.2. The number of rotatable bonds is 6. The first-order valence-corrected chi connectivity index (χ1v) is 13.0. The molecular weight excluding hydrogens is 478 g/mol. The van der Waals surface area contributed by atoms with Gasteiger partial charge in [0.1, 0.15) is 0 Å². The lowest BCUT2D eigenvalue weighted by Crippen LogP contribution is -2.30. The summed E-state index contributed by atoms with van der Waals surface area (Å²) in [5.41, 5.74) is 2.74. The van der Waals surface area contributed by atoms with Crippen molar-refractivity contribution in [1.82, 2.24) is 9.97 Å². The molecule has 0 unspecified atom stereocenters. The van der Waals surface area contributed by atoms with E-state index in [1.54, 1.807) is 43.3 Å². The van der Waals surface area contributed by atoms with Gasteiger partial charge in [0.05, 0.1) is 26.9 Å². The molecule has 0 aliphatic rings. The standard InChI is InChI=1S/C24H22ClN3O3S2/c1-15(2)33(30,31)19-6-4-5-18(13-19)23(29)28(14-17-9-11-26-12-10-17)24-27-22-16(3)20(25)7-8-21(22)32-24/h4-13,15H,14H2,1-3H3. The third-order valence-electron chi connectivity index (χ3n) is 5.33. The summed E-state index contributed by atoms with van der Waals surface area (Å²) >= 11 is 7.66. The van der Waals surface area contributed by atoms with Crippen LogP contribution in [0.2, 0.25) is 5.02 Å². The summed E-state index contributed by atoms with van der Waals surface area (Å²) in [6, 6.07) is 13.5. The van der Waals surface area contributed by atoms with E-state index in [1.807, 2.05) is 31.2 Å². The summed E-state index contributed by atoms with van der Waals surface area (Å²) in [5.74, 6) is -0.338. The number of sulfone groups is 1. The molecule has 0 aliphatic heterocycles. The maximum Gasteiger partial charge on any atom is 0.260 e. The number of anilines is 1. The molecule has 33 heavy (non-hydrogen) atoms. The van der Waals surface area contributed by atoms with Gasteiger partial charge < -0.3 is 0 Å². The van der Waals surface area contributed by atoms with Gasteiger partial charge in [-0.05, 0) is 74.4 Å². The molecule has 0 radical (unpaired) electrons. The van der Waals surface area contributed by atoms with Crippen molar-refractivity contribution in [2.45, 2.75) is 37.5 Å². The van der Waals surface area contributed by atoms with E-state index in [1.165, 1.54) is 23.5 Å².